The Bertz CT molecular complexity index is 3450. The maximum absolute atomic E-state index is 5.09. The SMILES string of the molecule is c1ccc(-c2nc(-c3ccccc3)nc(-c3ccc4sc5cccc(-n6c7ccccc7c7ccc8c9ccccc9n(-c9ccccc9)c8c76)c5c4c3)n2)cc1. The molecule has 0 aliphatic carbocycles. The first-order chi connectivity index (χ1) is 28.3. The van der Waals surface area contributed by atoms with Crippen LogP contribution in [0.15, 0.2) is 188 Å². The summed E-state index contributed by atoms with van der Waals surface area (Å²) in [5.41, 5.74) is 9.88. The molecule has 0 saturated heterocycles. The van der Waals surface area contributed by atoms with Crippen LogP contribution in [0.5, 0.6) is 0 Å². The molecule has 0 spiro atoms. The Morgan fingerprint density at radius 3 is 1.51 bits per heavy atom. The Kier molecular flexibility index (Phi) is 7.03. The fourth-order valence-electron chi connectivity index (χ4n) is 8.67. The van der Waals surface area contributed by atoms with Gasteiger partial charge in [0.25, 0.3) is 0 Å². The van der Waals surface area contributed by atoms with Crippen molar-refractivity contribution in [3.63, 3.8) is 0 Å². The predicted molar refractivity (Wildman–Crippen MR) is 238 cm³/mol. The first-order valence-electron chi connectivity index (χ1n) is 19.1. The maximum atomic E-state index is 5.09. The topological polar surface area (TPSA) is 48.5 Å². The zero-order chi connectivity index (χ0) is 37.5. The first-order valence-corrected chi connectivity index (χ1v) is 19.9. The minimum atomic E-state index is 0.646. The molecule has 0 saturated carbocycles. The summed E-state index contributed by atoms with van der Waals surface area (Å²) >= 11 is 1.82. The van der Waals surface area contributed by atoms with Crippen molar-refractivity contribution in [2.75, 3.05) is 0 Å². The summed E-state index contributed by atoms with van der Waals surface area (Å²) in [6, 6.07) is 66.7. The van der Waals surface area contributed by atoms with E-state index in [1.165, 1.54) is 63.8 Å². The van der Waals surface area contributed by atoms with Crippen molar-refractivity contribution in [2.24, 2.45) is 0 Å². The molecular weight excluding hydrogens is 715 g/mol. The molecule has 0 atom stereocenters. The van der Waals surface area contributed by atoms with Gasteiger partial charge in [0.1, 0.15) is 0 Å². The second-order valence-corrected chi connectivity index (χ2v) is 15.5. The molecule has 0 amide bonds. The fourth-order valence-corrected chi connectivity index (χ4v) is 9.77. The van der Waals surface area contributed by atoms with Crippen LogP contribution in [0.1, 0.15) is 0 Å². The van der Waals surface area contributed by atoms with E-state index >= 15 is 0 Å². The van der Waals surface area contributed by atoms with Crippen LogP contribution in [0.3, 0.4) is 0 Å². The minimum Gasteiger partial charge on any atom is -0.307 e. The normalized spacial score (nSPS) is 11.9. The van der Waals surface area contributed by atoms with Gasteiger partial charge in [-0.3, -0.25) is 0 Å². The first kappa shape index (κ1) is 31.9. The lowest BCUT2D eigenvalue weighted by Gasteiger charge is -2.14. The number of aromatic nitrogens is 5. The highest BCUT2D eigenvalue weighted by atomic mass is 32.1. The van der Waals surface area contributed by atoms with Gasteiger partial charge in [0.05, 0.1) is 27.8 Å². The van der Waals surface area contributed by atoms with Crippen LogP contribution in [-0.2, 0) is 0 Å². The zero-order valence-corrected chi connectivity index (χ0v) is 31.4. The monoisotopic (exact) mass is 745 g/mol. The van der Waals surface area contributed by atoms with Crippen LogP contribution in [0.25, 0.3) is 109 Å². The van der Waals surface area contributed by atoms with Crippen LogP contribution in [-0.4, -0.2) is 24.1 Å². The molecule has 0 aliphatic rings. The summed E-state index contributed by atoms with van der Waals surface area (Å²) in [6.07, 6.45) is 0. The quantitative estimate of drug-likeness (QED) is 0.176. The van der Waals surface area contributed by atoms with Gasteiger partial charge in [0.15, 0.2) is 17.5 Å². The van der Waals surface area contributed by atoms with E-state index in [4.69, 9.17) is 15.0 Å². The Labute approximate surface area is 331 Å². The van der Waals surface area contributed by atoms with Crippen molar-refractivity contribution >= 4 is 75.1 Å². The number of thiophene rings is 1. The zero-order valence-electron chi connectivity index (χ0n) is 30.5. The minimum absolute atomic E-state index is 0.646. The second-order valence-electron chi connectivity index (χ2n) is 14.4. The van der Waals surface area contributed by atoms with Crippen LogP contribution < -0.4 is 0 Å². The molecule has 0 bridgehead atoms. The highest BCUT2D eigenvalue weighted by molar-refractivity contribution is 7.25. The highest BCUT2D eigenvalue weighted by Crippen LogP contribution is 2.45. The summed E-state index contributed by atoms with van der Waals surface area (Å²) in [5.74, 6) is 1.95. The largest absolute Gasteiger partial charge is 0.307 e. The molecule has 6 heteroatoms. The molecule has 0 aliphatic heterocycles. The third kappa shape index (κ3) is 4.91. The molecule has 0 radical (unpaired) electrons. The molecule has 8 aromatic carbocycles. The summed E-state index contributed by atoms with van der Waals surface area (Å²) in [6.45, 7) is 0. The number of fused-ring (bicyclic) bond motifs is 10. The van der Waals surface area contributed by atoms with E-state index in [-0.39, 0.29) is 0 Å². The van der Waals surface area contributed by atoms with E-state index in [0.29, 0.717) is 17.5 Å². The number of rotatable bonds is 5. The molecule has 4 aromatic heterocycles. The number of hydrogen-bond acceptors (Lipinski definition) is 4. The standard InChI is InChI=1S/C51H31N5S/c1-4-15-32(16-5-1)49-52-50(33-17-6-2-7-18-33)54-51(53-49)34-27-30-44-40(31-34)46-43(25-14-26-45(46)57-44)56-42-24-13-11-22-37(42)39-29-28-38-36-21-10-12-23-41(36)55(47(38)48(39)56)35-19-8-3-9-20-35/h1-31H. The van der Waals surface area contributed by atoms with E-state index in [9.17, 15) is 0 Å². The van der Waals surface area contributed by atoms with Gasteiger partial charge in [0.2, 0.25) is 0 Å². The molecule has 0 N–H and O–H groups in total. The third-order valence-corrected chi connectivity index (χ3v) is 12.3. The summed E-state index contributed by atoms with van der Waals surface area (Å²) in [4.78, 5) is 15.1. The molecule has 5 nitrogen and oxygen atoms in total. The Balaban J connectivity index is 1.16. The maximum Gasteiger partial charge on any atom is 0.164 e. The molecular formula is C51H31N5S. The average molecular weight is 746 g/mol. The van der Waals surface area contributed by atoms with E-state index < -0.39 is 0 Å². The van der Waals surface area contributed by atoms with Crippen molar-refractivity contribution in [1.29, 1.82) is 0 Å². The lowest BCUT2D eigenvalue weighted by atomic mass is 10.1. The van der Waals surface area contributed by atoms with Crippen molar-refractivity contribution < 1.29 is 0 Å². The number of hydrogen-bond donors (Lipinski definition) is 0. The Morgan fingerprint density at radius 2 is 0.877 bits per heavy atom. The van der Waals surface area contributed by atoms with Crippen LogP contribution in [0, 0.1) is 0 Å². The van der Waals surface area contributed by atoms with Crippen LogP contribution >= 0.6 is 11.3 Å². The predicted octanol–water partition coefficient (Wildman–Crippen LogP) is 13.4. The molecule has 266 valence electrons. The number of benzene rings is 8. The summed E-state index contributed by atoms with van der Waals surface area (Å²) in [5, 5.41) is 7.30. The van der Waals surface area contributed by atoms with Gasteiger partial charge in [-0.25, -0.2) is 15.0 Å². The van der Waals surface area contributed by atoms with Crippen molar-refractivity contribution in [3.05, 3.63) is 188 Å². The van der Waals surface area contributed by atoms with E-state index in [0.717, 1.165) is 28.1 Å². The van der Waals surface area contributed by atoms with Gasteiger partial charge < -0.3 is 9.13 Å². The van der Waals surface area contributed by atoms with Crippen molar-refractivity contribution in [1.82, 2.24) is 24.1 Å². The smallest absolute Gasteiger partial charge is 0.164 e. The summed E-state index contributed by atoms with van der Waals surface area (Å²) in [7, 11) is 0. The fraction of sp³-hybridized carbons (Fsp3) is 0. The molecule has 0 fully saturated rings. The van der Waals surface area contributed by atoms with E-state index in [1.54, 1.807) is 0 Å². The number of nitrogens with zero attached hydrogens (tertiary/aromatic N) is 5. The second kappa shape index (κ2) is 12.6. The van der Waals surface area contributed by atoms with Gasteiger partial charge in [-0.15, -0.1) is 11.3 Å². The van der Waals surface area contributed by atoms with Gasteiger partial charge in [0, 0.05) is 64.1 Å². The Morgan fingerprint density at radius 1 is 0.351 bits per heavy atom. The Hall–Kier alpha value is -7.41. The molecule has 12 aromatic rings. The molecule has 0 unspecified atom stereocenters. The van der Waals surface area contributed by atoms with E-state index in [2.05, 4.69) is 161 Å². The van der Waals surface area contributed by atoms with Gasteiger partial charge in [-0.2, -0.15) is 0 Å². The lowest BCUT2D eigenvalue weighted by Crippen LogP contribution is -2.00. The van der Waals surface area contributed by atoms with Crippen LogP contribution in [0.2, 0.25) is 0 Å². The van der Waals surface area contributed by atoms with Gasteiger partial charge in [-0.05, 0) is 54.6 Å². The van der Waals surface area contributed by atoms with Crippen molar-refractivity contribution in [3.8, 4) is 45.5 Å². The molecule has 12 rings (SSSR count). The molecule has 4 heterocycles. The van der Waals surface area contributed by atoms with Crippen LogP contribution in [0.4, 0.5) is 0 Å². The average Bonchev–Trinajstić information content (AvgIpc) is 3.95. The third-order valence-electron chi connectivity index (χ3n) is 11.2. The summed E-state index contributed by atoms with van der Waals surface area (Å²) < 4.78 is 7.40. The van der Waals surface area contributed by atoms with Crippen molar-refractivity contribution in [2.45, 2.75) is 0 Å². The van der Waals surface area contributed by atoms with Gasteiger partial charge in [-0.1, -0.05) is 133 Å². The lowest BCUT2D eigenvalue weighted by molar-refractivity contribution is 1.07. The molecule has 57 heavy (non-hydrogen) atoms. The number of para-hydroxylation sites is 3. The van der Waals surface area contributed by atoms with Gasteiger partial charge >= 0.3 is 0 Å². The van der Waals surface area contributed by atoms with E-state index in [1.807, 2.05) is 47.7 Å². The highest BCUT2D eigenvalue weighted by Gasteiger charge is 2.23.